The molecule has 4 rings (SSSR count). The molecule has 2 N–H and O–H groups in total. The molecule has 1 aromatic heterocycles. The number of hydrogen-bond donors (Lipinski definition) is 2. The first kappa shape index (κ1) is 17.5. The maximum Gasteiger partial charge on any atom is 0.256 e. The quantitative estimate of drug-likeness (QED) is 0.745. The Morgan fingerprint density at radius 3 is 2.78 bits per heavy atom. The molecule has 1 fully saturated rings. The number of hydrogen-bond acceptors (Lipinski definition) is 4. The highest BCUT2D eigenvalue weighted by atomic mass is 16.3. The Hall–Kier alpha value is -2.92. The van der Waals surface area contributed by atoms with Gasteiger partial charge >= 0.3 is 0 Å². The second-order valence-corrected chi connectivity index (χ2v) is 6.90. The third-order valence-corrected chi connectivity index (χ3v) is 5.08. The smallest absolute Gasteiger partial charge is 0.256 e. The van der Waals surface area contributed by atoms with Gasteiger partial charge in [0.2, 0.25) is 0 Å². The van der Waals surface area contributed by atoms with Crippen LogP contribution in [-0.2, 0) is 6.42 Å². The molecule has 0 spiro atoms. The van der Waals surface area contributed by atoms with E-state index >= 15 is 0 Å². The van der Waals surface area contributed by atoms with Gasteiger partial charge in [0.25, 0.3) is 5.91 Å². The number of aliphatic hydroxyl groups is 1. The van der Waals surface area contributed by atoms with E-state index in [1.54, 1.807) is 0 Å². The van der Waals surface area contributed by atoms with E-state index in [1.807, 2.05) is 59.5 Å². The molecule has 0 unspecified atom stereocenters. The summed E-state index contributed by atoms with van der Waals surface area (Å²) in [6, 6.07) is 17.4. The van der Waals surface area contributed by atoms with Crippen LogP contribution < -0.4 is 10.2 Å². The highest BCUT2D eigenvalue weighted by Crippen LogP contribution is 2.27. The number of aryl methyl sites for hydroxylation is 1. The van der Waals surface area contributed by atoms with Gasteiger partial charge in [0, 0.05) is 24.2 Å². The molecule has 3 aromatic rings. The first-order valence-corrected chi connectivity index (χ1v) is 9.37. The summed E-state index contributed by atoms with van der Waals surface area (Å²) in [7, 11) is 0. The predicted molar refractivity (Wildman–Crippen MR) is 108 cm³/mol. The summed E-state index contributed by atoms with van der Waals surface area (Å²) in [5.41, 5.74) is 3.32. The molecule has 0 bridgehead atoms. The summed E-state index contributed by atoms with van der Waals surface area (Å²) >= 11 is 0. The fourth-order valence-corrected chi connectivity index (χ4v) is 3.60. The summed E-state index contributed by atoms with van der Waals surface area (Å²) in [6.45, 7) is 3.36. The molecule has 0 saturated carbocycles. The lowest BCUT2D eigenvalue weighted by Gasteiger charge is -2.19. The van der Waals surface area contributed by atoms with Gasteiger partial charge in [0.1, 0.15) is 5.82 Å². The lowest BCUT2D eigenvalue weighted by molar-refractivity contribution is 0.102. The number of benzene rings is 2. The molecule has 0 aliphatic carbocycles. The highest BCUT2D eigenvalue weighted by Gasteiger charge is 2.23. The lowest BCUT2D eigenvalue weighted by Crippen LogP contribution is -2.23. The van der Waals surface area contributed by atoms with Crippen molar-refractivity contribution in [2.24, 2.45) is 0 Å². The van der Waals surface area contributed by atoms with Crippen LogP contribution in [0.3, 0.4) is 0 Å². The maximum absolute atomic E-state index is 13.1. The normalized spacial score (nSPS) is 16.7. The van der Waals surface area contributed by atoms with Crippen molar-refractivity contribution in [2.75, 3.05) is 23.3 Å². The molecular weight excluding hydrogens is 338 g/mol. The third-order valence-electron chi connectivity index (χ3n) is 5.08. The molecule has 2 heterocycles. The van der Waals surface area contributed by atoms with E-state index in [0.717, 1.165) is 47.4 Å². The highest BCUT2D eigenvalue weighted by molar-refractivity contribution is 6.13. The maximum atomic E-state index is 13.1. The minimum absolute atomic E-state index is 0.143. The summed E-state index contributed by atoms with van der Waals surface area (Å²) in [6.07, 6.45) is 1.23. The first-order valence-electron chi connectivity index (χ1n) is 9.37. The zero-order valence-electron chi connectivity index (χ0n) is 15.4. The SMILES string of the molecule is CCc1ccccc1NC(=O)c1cc(N2CC[C@H](O)C2)nc2ccccc12. The summed E-state index contributed by atoms with van der Waals surface area (Å²) in [5, 5.41) is 13.7. The molecule has 5 heteroatoms. The topological polar surface area (TPSA) is 65.5 Å². The van der Waals surface area contributed by atoms with Crippen LogP contribution >= 0.6 is 0 Å². The van der Waals surface area contributed by atoms with E-state index < -0.39 is 0 Å². The third kappa shape index (κ3) is 3.51. The molecule has 1 saturated heterocycles. The Bertz CT molecular complexity index is 986. The summed E-state index contributed by atoms with van der Waals surface area (Å²) < 4.78 is 0. The number of anilines is 2. The van der Waals surface area contributed by atoms with Gasteiger partial charge in [-0.25, -0.2) is 4.98 Å². The van der Waals surface area contributed by atoms with Crippen LogP contribution in [0.4, 0.5) is 11.5 Å². The summed E-state index contributed by atoms with van der Waals surface area (Å²) in [5.74, 6) is 0.592. The Morgan fingerprint density at radius 2 is 2.00 bits per heavy atom. The molecule has 2 aromatic carbocycles. The Morgan fingerprint density at radius 1 is 1.22 bits per heavy atom. The number of rotatable bonds is 4. The number of fused-ring (bicyclic) bond motifs is 1. The van der Waals surface area contributed by atoms with Crippen LogP contribution in [0.1, 0.15) is 29.3 Å². The van der Waals surface area contributed by atoms with Gasteiger partial charge in [-0.2, -0.15) is 0 Å². The Balaban J connectivity index is 1.74. The van der Waals surface area contributed by atoms with Crippen LogP contribution in [0.15, 0.2) is 54.6 Å². The van der Waals surface area contributed by atoms with Crippen molar-refractivity contribution in [3.8, 4) is 0 Å². The van der Waals surface area contributed by atoms with Gasteiger partial charge in [-0.05, 0) is 36.6 Å². The molecule has 1 atom stereocenters. The number of aliphatic hydroxyl groups excluding tert-OH is 1. The number of nitrogens with zero attached hydrogens (tertiary/aromatic N) is 2. The molecule has 1 aliphatic heterocycles. The zero-order chi connectivity index (χ0) is 18.8. The van der Waals surface area contributed by atoms with Crippen LogP contribution in [0.2, 0.25) is 0 Å². The van der Waals surface area contributed by atoms with E-state index in [2.05, 4.69) is 12.2 Å². The number of para-hydroxylation sites is 2. The Kier molecular flexibility index (Phi) is 4.77. The van der Waals surface area contributed by atoms with Gasteiger partial charge < -0.3 is 15.3 Å². The van der Waals surface area contributed by atoms with E-state index in [9.17, 15) is 9.90 Å². The summed E-state index contributed by atoms with van der Waals surface area (Å²) in [4.78, 5) is 19.9. The van der Waals surface area contributed by atoms with E-state index in [-0.39, 0.29) is 12.0 Å². The number of amides is 1. The van der Waals surface area contributed by atoms with Gasteiger partial charge in [-0.1, -0.05) is 43.3 Å². The average molecular weight is 361 g/mol. The number of pyridine rings is 1. The van der Waals surface area contributed by atoms with Crippen molar-refractivity contribution in [2.45, 2.75) is 25.9 Å². The van der Waals surface area contributed by atoms with Crippen LogP contribution in [0, 0.1) is 0 Å². The molecule has 27 heavy (non-hydrogen) atoms. The van der Waals surface area contributed by atoms with Gasteiger partial charge in [-0.15, -0.1) is 0 Å². The van der Waals surface area contributed by atoms with Crippen LogP contribution in [0.25, 0.3) is 10.9 Å². The van der Waals surface area contributed by atoms with Crippen LogP contribution in [-0.4, -0.2) is 35.2 Å². The monoisotopic (exact) mass is 361 g/mol. The van der Waals surface area contributed by atoms with E-state index in [0.29, 0.717) is 12.1 Å². The zero-order valence-corrected chi connectivity index (χ0v) is 15.4. The molecule has 1 aliphatic rings. The van der Waals surface area contributed by atoms with E-state index in [4.69, 9.17) is 4.98 Å². The van der Waals surface area contributed by atoms with E-state index in [1.165, 1.54) is 0 Å². The average Bonchev–Trinajstić information content (AvgIpc) is 3.14. The van der Waals surface area contributed by atoms with Crippen molar-refractivity contribution in [1.29, 1.82) is 0 Å². The number of nitrogens with one attached hydrogen (secondary N) is 1. The van der Waals surface area contributed by atoms with Crippen molar-refractivity contribution in [3.05, 3.63) is 65.7 Å². The molecule has 0 radical (unpaired) electrons. The first-order chi connectivity index (χ1) is 13.2. The lowest BCUT2D eigenvalue weighted by atomic mass is 10.1. The van der Waals surface area contributed by atoms with Gasteiger partial charge in [0.15, 0.2) is 0 Å². The Labute approximate surface area is 158 Å². The second-order valence-electron chi connectivity index (χ2n) is 6.90. The predicted octanol–water partition coefficient (Wildman–Crippen LogP) is 3.62. The molecular formula is C22H23N3O2. The molecule has 138 valence electrons. The van der Waals surface area contributed by atoms with Crippen molar-refractivity contribution >= 4 is 28.3 Å². The van der Waals surface area contributed by atoms with Gasteiger partial charge in [0.05, 0.1) is 17.2 Å². The van der Waals surface area contributed by atoms with Crippen molar-refractivity contribution in [3.63, 3.8) is 0 Å². The number of aromatic nitrogens is 1. The molecule has 5 nitrogen and oxygen atoms in total. The number of β-amino-alcohol motifs (C(OH)–C–C–N with tert-alkyl or cyclic N) is 1. The number of carbonyl (C=O) groups excluding carboxylic acids is 1. The fraction of sp³-hybridized carbons (Fsp3) is 0.273. The van der Waals surface area contributed by atoms with Crippen molar-refractivity contribution < 1.29 is 9.90 Å². The second kappa shape index (κ2) is 7.37. The minimum atomic E-state index is -0.341. The molecule has 1 amide bonds. The number of carbonyl (C=O) groups is 1. The van der Waals surface area contributed by atoms with Crippen LogP contribution in [0.5, 0.6) is 0 Å². The largest absolute Gasteiger partial charge is 0.391 e. The fourth-order valence-electron chi connectivity index (χ4n) is 3.60. The van der Waals surface area contributed by atoms with Crippen molar-refractivity contribution in [1.82, 2.24) is 4.98 Å². The minimum Gasteiger partial charge on any atom is -0.391 e. The van der Waals surface area contributed by atoms with Gasteiger partial charge in [-0.3, -0.25) is 4.79 Å². The standard InChI is InChI=1S/C22H23N3O2/c1-2-15-7-3-5-9-19(15)24-22(27)18-13-21(25-12-11-16(26)14-25)23-20-10-6-4-8-17(18)20/h3-10,13,16,26H,2,11-12,14H2,1H3,(H,24,27)/t16-/m0/s1.